The van der Waals surface area contributed by atoms with Gasteiger partial charge in [-0.15, -0.1) is 0 Å². The lowest BCUT2D eigenvalue weighted by Crippen LogP contribution is -2.15. The van der Waals surface area contributed by atoms with E-state index < -0.39 is 10.0 Å². The lowest BCUT2D eigenvalue weighted by Gasteiger charge is -2.12. The summed E-state index contributed by atoms with van der Waals surface area (Å²) in [5.41, 5.74) is 0. The molecule has 0 saturated heterocycles. The van der Waals surface area contributed by atoms with Gasteiger partial charge in [0.15, 0.2) is 0 Å². The second-order valence-corrected chi connectivity index (χ2v) is 6.55. The molecule has 0 saturated carbocycles. The predicted octanol–water partition coefficient (Wildman–Crippen LogP) is 2.66. The molecule has 0 aliphatic carbocycles. The first kappa shape index (κ1) is 15.6. The standard InChI is InChI=1S/C13H13BrN2O4S/c1-19-10-3-4-12(11(8-10)20-2)21(17,18)16-13-7-9(14)5-6-15-13/h3-8H,1-2H3,(H,15,16). The molecule has 1 heterocycles. The van der Waals surface area contributed by atoms with E-state index in [1.807, 2.05) is 0 Å². The Labute approximate surface area is 131 Å². The van der Waals surface area contributed by atoms with Gasteiger partial charge in [-0.05, 0) is 24.3 Å². The van der Waals surface area contributed by atoms with E-state index >= 15 is 0 Å². The fourth-order valence-corrected chi connectivity index (χ4v) is 3.14. The summed E-state index contributed by atoms with van der Waals surface area (Å²) in [7, 11) is -0.925. The maximum Gasteiger partial charge on any atom is 0.266 e. The number of pyridine rings is 1. The number of nitrogens with zero attached hydrogens (tertiary/aromatic N) is 1. The number of methoxy groups -OCH3 is 2. The van der Waals surface area contributed by atoms with Gasteiger partial charge in [-0.1, -0.05) is 15.9 Å². The van der Waals surface area contributed by atoms with Gasteiger partial charge in [-0.2, -0.15) is 0 Å². The van der Waals surface area contributed by atoms with E-state index in [1.54, 1.807) is 18.2 Å². The van der Waals surface area contributed by atoms with Crippen LogP contribution >= 0.6 is 15.9 Å². The highest BCUT2D eigenvalue weighted by Gasteiger charge is 2.20. The van der Waals surface area contributed by atoms with E-state index in [1.165, 1.54) is 32.5 Å². The number of hydrogen-bond acceptors (Lipinski definition) is 5. The summed E-state index contributed by atoms with van der Waals surface area (Å²) in [6.07, 6.45) is 1.49. The van der Waals surface area contributed by atoms with E-state index in [2.05, 4.69) is 25.6 Å². The second-order valence-electron chi connectivity index (χ2n) is 3.98. The molecule has 2 rings (SSSR count). The van der Waals surface area contributed by atoms with Crippen LogP contribution in [0.4, 0.5) is 5.82 Å². The number of hydrogen-bond donors (Lipinski definition) is 1. The van der Waals surface area contributed by atoms with Crippen molar-refractivity contribution in [3.8, 4) is 11.5 Å². The molecule has 0 unspecified atom stereocenters. The van der Waals surface area contributed by atoms with Crippen molar-refractivity contribution >= 4 is 31.8 Å². The second kappa shape index (κ2) is 6.31. The normalized spacial score (nSPS) is 11.0. The van der Waals surface area contributed by atoms with Gasteiger partial charge in [0.2, 0.25) is 0 Å². The number of rotatable bonds is 5. The smallest absolute Gasteiger partial charge is 0.266 e. The molecule has 21 heavy (non-hydrogen) atoms. The molecule has 2 aromatic rings. The third-order valence-corrected chi connectivity index (χ3v) is 4.51. The van der Waals surface area contributed by atoms with Gasteiger partial charge in [-0.3, -0.25) is 4.72 Å². The summed E-state index contributed by atoms with van der Waals surface area (Å²) in [4.78, 5) is 3.96. The summed E-state index contributed by atoms with van der Waals surface area (Å²) in [5, 5.41) is 0. The molecule has 1 aromatic carbocycles. The van der Waals surface area contributed by atoms with Crippen molar-refractivity contribution in [3.63, 3.8) is 0 Å². The van der Waals surface area contributed by atoms with Crippen LogP contribution in [0.3, 0.4) is 0 Å². The van der Waals surface area contributed by atoms with Crippen molar-refractivity contribution in [1.29, 1.82) is 0 Å². The monoisotopic (exact) mass is 372 g/mol. The molecule has 0 amide bonds. The minimum absolute atomic E-state index is 0.00701. The lowest BCUT2D eigenvalue weighted by atomic mass is 10.3. The maximum atomic E-state index is 12.4. The Morgan fingerprint density at radius 3 is 2.52 bits per heavy atom. The van der Waals surface area contributed by atoms with E-state index in [0.29, 0.717) is 5.75 Å². The molecule has 1 N–H and O–H groups in total. The van der Waals surface area contributed by atoms with Crippen LogP contribution in [0.25, 0.3) is 0 Å². The van der Waals surface area contributed by atoms with Gasteiger partial charge in [0.05, 0.1) is 14.2 Å². The highest BCUT2D eigenvalue weighted by molar-refractivity contribution is 9.10. The average Bonchev–Trinajstić information content (AvgIpc) is 2.46. The summed E-state index contributed by atoms with van der Waals surface area (Å²) in [5.74, 6) is 0.908. The number of benzene rings is 1. The highest BCUT2D eigenvalue weighted by atomic mass is 79.9. The zero-order valence-corrected chi connectivity index (χ0v) is 13.7. The van der Waals surface area contributed by atoms with Gasteiger partial charge in [0.25, 0.3) is 10.0 Å². The summed E-state index contributed by atoms with van der Waals surface area (Å²) < 4.78 is 38.1. The van der Waals surface area contributed by atoms with Crippen molar-refractivity contribution in [2.45, 2.75) is 4.90 Å². The molecule has 0 spiro atoms. The Bertz CT molecular complexity index is 750. The van der Waals surface area contributed by atoms with Crippen molar-refractivity contribution in [3.05, 3.63) is 41.0 Å². The van der Waals surface area contributed by atoms with E-state index in [4.69, 9.17) is 9.47 Å². The average molecular weight is 373 g/mol. The first-order chi connectivity index (χ1) is 9.96. The molecule has 0 bridgehead atoms. The first-order valence-corrected chi connectivity index (χ1v) is 8.10. The van der Waals surface area contributed by atoms with Crippen LogP contribution < -0.4 is 14.2 Å². The molecule has 1 aromatic heterocycles. The maximum absolute atomic E-state index is 12.4. The lowest BCUT2D eigenvalue weighted by molar-refractivity contribution is 0.386. The number of halogens is 1. The molecule has 0 radical (unpaired) electrons. The summed E-state index contributed by atoms with van der Waals surface area (Å²) >= 11 is 3.26. The van der Waals surface area contributed by atoms with Crippen LogP contribution in [0, 0.1) is 0 Å². The summed E-state index contributed by atoms with van der Waals surface area (Å²) in [6, 6.07) is 7.73. The van der Waals surface area contributed by atoms with Crippen molar-refractivity contribution < 1.29 is 17.9 Å². The van der Waals surface area contributed by atoms with Gasteiger partial charge in [0, 0.05) is 16.7 Å². The SMILES string of the molecule is COc1ccc(S(=O)(=O)Nc2cc(Br)ccn2)c(OC)c1. The number of ether oxygens (including phenoxy) is 2. The van der Waals surface area contributed by atoms with Crippen LogP contribution in [0.1, 0.15) is 0 Å². The van der Waals surface area contributed by atoms with Gasteiger partial charge >= 0.3 is 0 Å². The van der Waals surface area contributed by atoms with Crippen molar-refractivity contribution in [2.75, 3.05) is 18.9 Å². The largest absolute Gasteiger partial charge is 0.497 e. The molecule has 112 valence electrons. The third-order valence-electron chi connectivity index (χ3n) is 2.62. The molecular weight excluding hydrogens is 360 g/mol. The van der Waals surface area contributed by atoms with Crippen molar-refractivity contribution in [1.82, 2.24) is 4.98 Å². The molecule has 0 aliphatic rings. The van der Waals surface area contributed by atoms with Crippen LogP contribution in [-0.2, 0) is 10.0 Å². The van der Waals surface area contributed by atoms with Crippen LogP contribution in [-0.4, -0.2) is 27.6 Å². The zero-order chi connectivity index (χ0) is 15.5. The molecule has 0 aliphatic heterocycles. The van der Waals surface area contributed by atoms with E-state index in [0.717, 1.165) is 4.47 Å². The molecule has 6 nitrogen and oxygen atoms in total. The van der Waals surface area contributed by atoms with Gasteiger partial charge in [-0.25, -0.2) is 13.4 Å². The van der Waals surface area contributed by atoms with Crippen LogP contribution in [0.15, 0.2) is 45.9 Å². The molecule has 0 fully saturated rings. The quantitative estimate of drug-likeness (QED) is 0.872. The molecule has 8 heteroatoms. The van der Waals surface area contributed by atoms with Crippen molar-refractivity contribution in [2.24, 2.45) is 0 Å². The van der Waals surface area contributed by atoms with Crippen LogP contribution in [0.5, 0.6) is 11.5 Å². The fraction of sp³-hybridized carbons (Fsp3) is 0.154. The zero-order valence-electron chi connectivity index (χ0n) is 11.3. The van der Waals surface area contributed by atoms with Gasteiger partial charge < -0.3 is 9.47 Å². The van der Waals surface area contributed by atoms with E-state index in [9.17, 15) is 8.42 Å². The Morgan fingerprint density at radius 2 is 1.90 bits per heavy atom. The predicted molar refractivity (Wildman–Crippen MR) is 82.3 cm³/mol. The topological polar surface area (TPSA) is 77.5 Å². The summed E-state index contributed by atoms with van der Waals surface area (Å²) in [6.45, 7) is 0. The van der Waals surface area contributed by atoms with E-state index in [-0.39, 0.29) is 16.5 Å². The Kier molecular flexibility index (Phi) is 4.69. The number of nitrogens with one attached hydrogen (secondary N) is 1. The minimum Gasteiger partial charge on any atom is -0.497 e. The molecule has 0 atom stereocenters. The molecular formula is C13H13BrN2O4S. The Hall–Kier alpha value is -1.80. The number of anilines is 1. The minimum atomic E-state index is -3.81. The number of sulfonamides is 1. The number of aromatic nitrogens is 1. The third kappa shape index (κ3) is 3.64. The van der Waals surface area contributed by atoms with Crippen LogP contribution in [0.2, 0.25) is 0 Å². The Morgan fingerprint density at radius 1 is 1.14 bits per heavy atom. The fourth-order valence-electron chi connectivity index (χ4n) is 1.65. The first-order valence-electron chi connectivity index (χ1n) is 5.82. The highest BCUT2D eigenvalue weighted by Crippen LogP contribution is 2.29. The van der Waals surface area contributed by atoms with Gasteiger partial charge in [0.1, 0.15) is 22.2 Å². The Balaban J connectivity index is 2.40.